The van der Waals surface area contributed by atoms with E-state index in [1.807, 2.05) is 32.0 Å². The summed E-state index contributed by atoms with van der Waals surface area (Å²) in [6.45, 7) is 4.93. The maximum Gasteiger partial charge on any atom is 0.262 e. The van der Waals surface area contributed by atoms with Crippen LogP contribution in [0.15, 0.2) is 36.4 Å². The Morgan fingerprint density at radius 1 is 1.09 bits per heavy atom. The lowest BCUT2D eigenvalue weighted by molar-refractivity contribution is -0.118. The van der Waals surface area contributed by atoms with Crippen LogP contribution in [-0.4, -0.2) is 25.7 Å². The van der Waals surface area contributed by atoms with E-state index in [9.17, 15) is 4.79 Å². The molecular formula is C18H19NO4. The lowest BCUT2D eigenvalue weighted by atomic mass is 10.1. The van der Waals surface area contributed by atoms with E-state index in [1.165, 1.54) is 0 Å². The van der Waals surface area contributed by atoms with Crippen LogP contribution >= 0.6 is 0 Å². The molecule has 0 spiro atoms. The minimum atomic E-state index is -0.197. The number of hydrogen-bond acceptors (Lipinski definition) is 4. The normalized spacial score (nSPS) is 12.6. The Kier molecular flexibility index (Phi) is 4.37. The predicted octanol–water partition coefficient (Wildman–Crippen LogP) is 3.09. The maximum atomic E-state index is 12.1. The molecule has 1 amide bonds. The van der Waals surface area contributed by atoms with E-state index in [4.69, 9.17) is 14.2 Å². The number of aryl methyl sites for hydroxylation is 2. The van der Waals surface area contributed by atoms with Gasteiger partial charge in [-0.05, 0) is 37.1 Å². The first-order valence-corrected chi connectivity index (χ1v) is 7.52. The molecule has 0 atom stereocenters. The van der Waals surface area contributed by atoms with Crippen molar-refractivity contribution in [2.24, 2.45) is 0 Å². The number of anilines is 1. The number of hydrogen-bond donors (Lipinski definition) is 1. The number of nitrogens with one attached hydrogen (secondary N) is 1. The number of carbonyl (C=O) groups excluding carboxylic acids is 1. The monoisotopic (exact) mass is 313 g/mol. The largest absolute Gasteiger partial charge is 0.486 e. The molecule has 0 aliphatic carbocycles. The standard InChI is InChI=1S/C18H19NO4/c1-12-4-3-5-13(2)18(12)19-17(20)11-23-14-6-7-15-16(10-14)22-9-8-21-15/h3-7,10H,8-9,11H2,1-2H3,(H,19,20). The van der Waals surface area contributed by atoms with Crippen molar-refractivity contribution in [3.05, 3.63) is 47.5 Å². The first kappa shape index (κ1) is 15.2. The first-order chi connectivity index (χ1) is 11.1. The quantitative estimate of drug-likeness (QED) is 0.942. The van der Waals surface area contributed by atoms with Gasteiger partial charge in [0.2, 0.25) is 0 Å². The van der Waals surface area contributed by atoms with E-state index >= 15 is 0 Å². The van der Waals surface area contributed by atoms with Gasteiger partial charge in [-0.3, -0.25) is 4.79 Å². The lowest BCUT2D eigenvalue weighted by Crippen LogP contribution is -2.21. The first-order valence-electron chi connectivity index (χ1n) is 7.52. The highest BCUT2D eigenvalue weighted by Crippen LogP contribution is 2.33. The second kappa shape index (κ2) is 6.60. The molecule has 23 heavy (non-hydrogen) atoms. The van der Waals surface area contributed by atoms with Crippen molar-refractivity contribution in [1.29, 1.82) is 0 Å². The Labute approximate surface area is 135 Å². The molecule has 120 valence electrons. The van der Waals surface area contributed by atoms with Gasteiger partial charge >= 0.3 is 0 Å². The molecule has 0 unspecified atom stereocenters. The van der Waals surface area contributed by atoms with Gasteiger partial charge in [0.1, 0.15) is 19.0 Å². The van der Waals surface area contributed by atoms with Crippen molar-refractivity contribution in [2.45, 2.75) is 13.8 Å². The van der Waals surface area contributed by atoms with Gasteiger partial charge in [-0.15, -0.1) is 0 Å². The fourth-order valence-electron chi connectivity index (χ4n) is 2.45. The molecule has 0 fully saturated rings. The van der Waals surface area contributed by atoms with E-state index in [1.54, 1.807) is 18.2 Å². The Morgan fingerprint density at radius 2 is 1.78 bits per heavy atom. The van der Waals surface area contributed by atoms with Crippen molar-refractivity contribution in [3.8, 4) is 17.2 Å². The number of para-hydroxylation sites is 1. The summed E-state index contributed by atoms with van der Waals surface area (Å²) in [6.07, 6.45) is 0. The summed E-state index contributed by atoms with van der Waals surface area (Å²) in [7, 11) is 0. The van der Waals surface area contributed by atoms with Crippen molar-refractivity contribution < 1.29 is 19.0 Å². The fourth-order valence-corrected chi connectivity index (χ4v) is 2.45. The predicted molar refractivity (Wildman–Crippen MR) is 87.5 cm³/mol. The molecule has 0 saturated carbocycles. The molecule has 1 aliphatic rings. The molecule has 0 saturated heterocycles. The van der Waals surface area contributed by atoms with Gasteiger partial charge in [0, 0.05) is 11.8 Å². The number of rotatable bonds is 4. The Bertz CT molecular complexity index is 707. The van der Waals surface area contributed by atoms with Gasteiger partial charge < -0.3 is 19.5 Å². The summed E-state index contributed by atoms with van der Waals surface area (Å²) in [5, 5.41) is 2.89. The summed E-state index contributed by atoms with van der Waals surface area (Å²) in [6, 6.07) is 11.2. The van der Waals surface area contributed by atoms with Gasteiger partial charge in [0.25, 0.3) is 5.91 Å². The third-order valence-corrected chi connectivity index (χ3v) is 3.63. The van der Waals surface area contributed by atoms with Crippen LogP contribution < -0.4 is 19.5 Å². The third kappa shape index (κ3) is 3.56. The molecule has 2 aromatic rings. The number of fused-ring (bicyclic) bond motifs is 1. The van der Waals surface area contributed by atoms with Crippen LogP contribution in [0, 0.1) is 13.8 Å². The minimum absolute atomic E-state index is 0.0621. The second-order valence-corrected chi connectivity index (χ2v) is 5.41. The summed E-state index contributed by atoms with van der Waals surface area (Å²) in [5.74, 6) is 1.72. The molecule has 0 radical (unpaired) electrons. The third-order valence-electron chi connectivity index (χ3n) is 3.63. The van der Waals surface area contributed by atoms with Gasteiger partial charge in [0.05, 0.1) is 0 Å². The topological polar surface area (TPSA) is 56.8 Å². The van der Waals surface area contributed by atoms with Gasteiger partial charge in [-0.1, -0.05) is 18.2 Å². The second-order valence-electron chi connectivity index (χ2n) is 5.41. The number of carbonyl (C=O) groups is 1. The minimum Gasteiger partial charge on any atom is -0.486 e. The number of amides is 1. The highest BCUT2D eigenvalue weighted by molar-refractivity contribution is 5.93. The molecule has 5 heteroatoms. The molecular weight excluding hydrogens is 294 g/mol. The smallest absolute Gasteiger partial charge is 0.262 e. The lowest BCUT2D eigenvalue weighted by Gasteiger charge is -2.19. The van der Waals surface area contributed by atoms with Crippen LogP contribution in [0.3, 0.4) is 0 Å². The highest BCUT2D eigenvalue weighted by Gasteiger charge is 2.13. The van der Waals surface area contributed by atoms with Crippen LogP contribution in [0.2, 0.25) is 0 Å². The number of ether oxygens (including phenoxy) is 3. The van der Waals surface area contributed by atoms with Crippen LogP contribution in [0.25, 0.3) is 0 Å². The number of benzene rings is 2. The fraction of sp³-hybridized carbons (Fsp3) is 0.278. The summed E-state index contributed by atoms with van der Waals surface area (Å²) in [5.41, 5.74) is 2.89. The summed E-state index contributed by atoms with van der Waals surface area (Å²) >= 11 is 0. The summed E-state index contributed by atoms with van der Waals surface area (Å²) in [4.78, 5) is 12.1. The molecule has 1 aliphatic heterocycles. The van der Waals surface area contributed by atoms with Crippen molar-refractivity contribution in [3.63, 3.8) is 0 Å². The van der Waals surface area contributed by atoms with Crippen molar-refractivity contribution >= 4 is 11.6 Å². The molecule has 0 bridgehead atoms. The molecule has 5 nitrogen and oxygen atoms in total. The highest BCUT2D eigenvalue weighted by atomic mass is 16.6. The van der Waals surface area contributed by atoms with Gasteiger partial charge in [-0.25, -0.2) is 0 Å². The molecule has 1 N–H and O–H groups in total. The van der Waals surface area contributed by atoms with Crippen LogP contribution in [0.5, 0.6) is 17.2 Å². The molecule has 3 rings (SSSR count). The van der Waals surface area contributed by atoms with E-state index < -0.39 is 0 Å². The Morgan fingerprint density at radius 3 is 2.52 bits per heavy atom. The Hall–Kier alpha value is -2.69. The van der Waals surface area contributed by atoms with E-state index in [2.05, 4.69) is 5.32 Å². The van der Waals surface area contributed by atoms with Crippen molar-refractivity contribution in [2.75, 3.05) is 25.1 Å². The zero-order valence-electron chi connectivity index (χ0n) is 13.2. The van der Waals surface area contributed by atoms with Gasteiger partial charge in [0.15, 0.2) is 18.1 Å². The average molecular weight is 313 g/mol. The Balaban J connectivity index is 1.61. The molecule has 2 aromatic carbocycles. The van der Waals surface area contributed by atoms with E-state index in [-0.39, 0.29) is 12.5 Å². The molecule has 0 aromatic heterocycles. The van der Waals surface area contributed by atoms with Crippen LogP contribution in [-0.2, 0) is 4.79 Å². The maximum absolute atomic E-state index is 12.1. The zero-order valence-corrected chi connectivity index (χ0v) is 13.2. The van der Waals surface area contributed by atoms with Crippen LogP contribution in [0.4, 0.5) is 5.69 Å². The van der Waals surface area contributed by atoms with Crippen molar-refractivity contribution in [1.82, 2.24) is 0 Å². The average Bonchev–Trinajstić information content (AvgIpc) is 2.56. The SMILES string of the molecule is Cc1cccc(C)c1NC(=O)COc1ccc2c(c1)OCCO2. The van der Waals surface area contributed by atoms with E-state index in [0.717, 1.165) is 16.8 Å². The van der Waals surface area contributed by atoms with Crippen LogP contribution in [0.1, 0.15) is 11.1 Å². The zero-order chi connectivity index (χ0) is 16.2. The van der Waals surface area contributed by atoms with Gasteiger partial charge in [-0.2, -0.15) is 0 Å². The summed E-state index contributed by atoms with van der Waals surface area (Å²) < 4.78 is 16.5. The van der Waals surface area contributed by atoms with E-state index in [0.29, 0.717) is 30.5 Å². The molecule has 1 heterocycles.